The molecule has 0 heterocycles. The van der Waals surface area contributed by atoms with Gasteiger partial charge in [0, 0.05) is 18.3 Å². The zero-order valence-corrected chi connectivity index (χ0v) is 10.4. The van der Waals surface area contributed by atoms with E-state index in [9.17, 15) is 5.11 Å². The van der Waals surface area contributed by atoms with Gasteiger partial charge in [0.15, 0.2) is 11.5 Å². The van der Waals surface area contributed by atoms with Crippen molar-refractivity contribution in [2.24, 2.45) is 4.99 Å². The van der Waals surface area contributed by atoms with E-state index < -0.39 is 0 Å². The predicted molar refractivity (Wildman–Crippen MR) is 70.3 cm³/mol. The Labute approximate surface area is 102 Å². The third-order valence-electron chi connectivity index (χ3n) is 2.23. The maximum absolute atomic E-state index is 9.89. The number of ether oxygens (including phenoxy) is 1. The molecule has 0 spiro atoms. The molecule has 0 saturated heterocycles. The lowest BCUT2D eigenvalue weighted by molar-refractivity contribution is 0.318. The predicted octanol–water partition coefficient (Wildman–Crippen LogP) is 1.82. The average molecular weight is 236 g/mol. The molecule has 0 saturated carbocycles. The molecular formula is C13H20N2O2. The number of likely N-dealkylation sites (N-methyl/N-ethyl adjacent to an activating group) is 1. The van der Waals surface area contributed by atoms with Crippen LogP contribution in [0.4, 0.5) is 0 Å². The van der Waals surface area contributed by atoms with Gasteiger partial charge in [-0.25, -0.2) is 0 Å². The molecule has 0 aliphatic carbocycles. The van der Waals surface area contributed by atoms with Crippen molar-refractivity contribution < 1.29 is 9.84 Å². The molecule has 0 aliphatic rings. The first kappa shape index (κ1) is 13.5. The molecule has 0 aliphatic heterocycles. The SMILES string of the molecule is CCNCCN=Cc1cccc(OCC)c1O. The molecule has 17 heavy (non-hydrogen) atoms. The summed E-state index contributed by atoms with van der Waals surface area (Å²) in [5.74, 6) is 0.657. The highest BCUT2D eigenvalue weighted by molar-refractivity contribution is 5.84. The molecule has 0 amide bonds. The van der Waals surface area contributed by atoms with Crippen LogP contribution in [0.5, 0.6) is 11.5 Å². The first-order chi connectivity index (χ1) is 8.29. The zero-order valence-electron chi connectivity index (χ0n) is 10.4. The second-order valence-corrected chi connectivity index (χ2v) is 3.52. The number of para-hydroxylation sites is 1. The van der Waals surface area contributed by atoms with E-state index in [2.05, 4.69) is 17.2 Å². The molecule has 0 aromatic heterocycles. The molecule has 0 radical (unpaired) electrons. The third kappa shape index (κ3) is 4.44. The first-order valence-electron chi connectivity index (χ1n) is 5.94. The average Bonchev–Trinajstić information content (AvgIpc) is 2.33. The van der Waals surface area contributed by atoms with E-state index in [4.69, 9.17) is 4.74 Å². The van der Waals surface area contributed by atoms with Crippen LogP contribution in [0, 0.1) is 0 Å². The molecule has 4 heteroatoms. The molecule has 4 nitrogen and oxygen atoms in total. The number of phenols is 1. The van der Waals surface area contributed by atoms with Gasteiger partial charge in [-0.05, 0) is 25.6 Å². The quantitative estimate of drug-likeness (QED) is 0.561. The highest BCUT2D eigenvalue weighted by atomic mass is 16.5. The van der Waals surface area contributed by atoms with Gasteiger partial charge in [0.25, 0.3) is 0 Å². The maximum Gasteiger partial charge on any atom is 0.166 e. The minimum atomic E-state index is 0.154. The summed E-state index contributed by atoms with van der Waals surface area (Å²) in [5.41, 5.74) is 0.687. The molecular weight excluding hydrogens is 216 g/mol. The minimum absolute atomic E-state index is 0.154. The lowest BCUT2D eigenvalue weighted by atomic mass is 10.2. The van der Waals surface area contributed by atoms with Gasteiger partial charge in [-0.2, -0.15) is 0 Å². The van der Waals surface area contributed by atoms with Crippen molar-refractivity contribution >= 4 is 6.21 Å². The summed E-state index contributed by atoms with van der Waals surface area (Å²) >= 11 is 0. The fourth-order valence-corrected chi connectivity index (χ4v) is 1.40. The van der Waals surface area contributed by atoms with Crippen LogP contribution in [0.15, 0.2) is 23.2 Å². The van der Waals surface area contributed by atoms with E-state index in [1.54, 1.807) is 12.3 Å². The second-order valence-electron chi connectivity index (χ2n) is 3.52. The largest absolute Gasteiger partial charge is 0.504 e. The zero-order chi connectivity index (χ0) is 12.5. The number of hydrogen-bond acceptors (Lipinski definition) is 4. The van der Waals surface area contributed by atoms with Crippen molar-refractivity contribution in [1.82, 2.24) is 5.32 Å². The lowest BCUT2D eigenvalue weighted by Crippen LogP contribution is -2.16. The van der Waals surface area contributed by atoms with E-state index in [1.807, 2.05) is 19.1 Å². The van der Waals surface area contributed by atoms with Crippen LogP contribution in [-0.4, -0.2) is 37.6 Å². The van der Waals surface area contributed by atoms with E-state index in [0.717, 1.165) is 13.1 Å². The Kier molecular flexibility index (Phi) is 6.10. The summed E-state index contributed by atoms with van der Waals surface area (Å²) in [6.07, 6.45) is 1.68. The number of aromatic hydroxyl groups is 1. The van der Waals surface area contributed by atoms with Gasteiger partial charge in [0.2, 0.25) is 0 Å². The fourth-order valence-electron chi connectivity index (χ4n) is 1.40. The number of hydrogen-bond donors (Lipinski definition) is 2. The van der Waals surface area contributed by atoms with Crippen molar-refractivity contribution in [3.63, 3.8) is 0 Å². The highest BCUT2D eigenvalue weighted by Crippen LogP contribution is 2.28. The molecule has 2 N–H and O–H groups in total. The van der Waals surface area contributed by atoms with Crippen molar-refractivity contribution in [2.45, 2.75) is 13.8 Å². The van der Waals surface area contributed by atoms with Gasteiger partial charge < -0.3 is 15.2 Å². The molecule has 1 rings (SSSR count). The van der Waals surface area contributed by atoms with Crippen LogP contribution in [0.25, 0.3) is 0 Å². The summed E-state index contributed by atoms with van der Waals surface area (Å²) in [7, 11) is 0. The molecule has 1 aromatic carbocycles. The van der Waals surface area contributed by atoms with Crippen molar-refractivity contribution in [1.29, 1.82) is 0 Å². The summed E-state index contributed by atoms with van der Waals surface area (Å²) in [6, 6.07) is 5.40. The van der Waals surface area contributed by atoms with Gasteiger partial charge in [-0.1, -0.05) is 13.0 Å². The summed E-state index contributed by atoms with van der Waals surface area (Å²) in [4.78, 5) is 4.24. The Morgan fingerprint density at radius 3 is 2.94 bits per heavy atom. The Balaban J connectivity index is 2.61. The molecule has 94 valence electrons. The van der Waals surface area contributed by atoms with Gasteiger partial charge >= 0.3 is 0 Å². The van der Waals surface area contributed by atoms with Crippen LogP contribution in [0.3, 0.4) is 0 Å². The van der Waals surface area contributed by atoms with Crippen molar-refractivity contribution in [3.8, 4) is 11.5 Å². The Morgan fingerprint density at radius 1 is 1.41 bits per heavy atom. The molecule has 0 bridgehead atoms. The van der Waals surface area contributed by atoms with Crippen LogP contribution >= 0.6 is 0 Å². The van der Waals surface area contributed by atoms with Gasteiger partial charge in [0.1, 0.15) is 0 Å². The van der Waals surface area contributed by atoms with E-state index in [1.165, 1.54) is 0 Å². The topological polar surface area (TPSA) is 53.9 Å². The van der Waals surface area contributed by atoms with Crippen molar-refractivity contribution in [2.75, 3.05) is 26.2 Å². The van der Waals surface area contributed by atoms with Crippen LogP contribution in [0.2, 0.25) is 0 Å². The number of benzene rings is 1. The van der Waals surface area contributed by atoms with Crippen molar-refractivity contribution in [3.05, 3.63) is 23.8 Å². The minimum Gasteiger partial charge on any atom is -0.504 e. The van der Waals surface area contributed by atoms with Gasteiger partial charge in [-0.15, -0.1) is 0 Å². The van der Waals surface area contributed by atoms with E-state index >= 15 is 0 Å². The number of aliphatic imine (C=N–C) groups is 1. The summed E-state index contributed by atoms with van der Waals surface area (Å²) in [5, 5.41) is 13.1. The third-order valence-corrected chi connectivity index (χ3v) is 2.23. The molecule has 0 atom stereocenters. The van der Waals surface area contributed by atoms with Crippen LogP contribution < -0.4 is 10.1 Å². The number of rotatable bonds is 7. The standard InChI is InChI=1S/C13H20N2O2/c1-3-14-8-9-15-10-11-6-5-7-12(13(11)16)17-4-2/h5-7,10,14,16H,3-4,8-9H2,1-2H3. The smallest absolute Gasteiger partial charge is 0.166 e. The number of nitrogens with one attached hydrogen (secondary N) is 1. The monoisotopic (exact) mass is 236 g/mol. The Hall–Kier alpha value is -1.55. The second kappa shape index (κ2) is 7.68. The summed E-state index contributed by atoms with van der Waals surface area (Å²) in [6.45, 7) is 6.97. The normalized spacial score (nSPS) is 10.9. The maximum atomic E-state index is 9.89. The summed E-state index contributed by atoms with van der Waals surface area (Å²) < 4.78 is 5.30. The van der Waals surface area contributed by atoms with Crippen LogP contribution in [-0.2, 0) is 0 Å². The van der Waals surface area contributed by atoms with E-state index in [-0.39, 0.29) is 5.75 Å². The Bertz CT molecular complexity index is 364. The highest BCUT2D eigenvalue weighted by Gasteiger charge is 2.04. The Morgan fingerprint density at radius 2 is 2.24 bits per heavy atom. The fraction of sp³-hybridized carbons (Fsp3) is 0.462. The van der Waals surface area contributed by atoms with Gasteiger partial charge in [0.05, 0.1) is 13.2 Å². The number of nitrogens with zero attached hydrogens (tertiary/aromatic N) is 1. The van der Waals surface area contributed by atoms with Gasteiger partial charge in [-0.3, -0.25) is 4.99 Å². The lowest BCUT2D eigenvalue weighted by Gasteiger charge is -2.07. The molecule has 0 fully saturated rings. The molecule has 1 aromatic rings. The van der Waals surface area contributed by atoms with E-state index in [0.29, 0.717) is 24.5 Å². The van der Waals surface area contributed by atoms with Crippen LogP contribution in [0.1, 0.15) is 19.4 Å². The molecule has 0 unspecified atom stereocenters. The number of phenolic OH excluding ortho intramolecular Hbond substituents is 1. The first-order valence-corrected chi connectivity index (χ1v) is 5.94.